The Morgan fingerprint density at radius 2 is 1.85 bits per heavy atom. The molecule has 0 unspecified atom stereocenters. The molecule has 0 spiro atoms. The van der Waals surface area contributed by atoms with Crippen molar-refractivity contribution in [2.75, 3.05) is 0 Å². The van der Waals surface area contributed by atoms with E-state index in [0.717, 1.165) is 0 Å². The minimum Gasteiger partial charge on any atom is -0.478 e. The molecule has 0 aliphatic carbocycles. The van der Waals surface area contributed by atoms with E-state index in [1.807, 2.05) is 0 Å². The minimum atomic E-state index is -1.01. The van der Waals surface area contributed by atoms with Crippen LogP contribution in [0, 0.1) is 13.8 Å². The highest BCUT2D eigenvalue weighted by molar-refractivity contribution is 6.37. The molecule has 1 N–H and O–H groups in total. The van der Waals surface area contributed by atoms with Crippen LogP contribution >= 0.6 is 23.2 Å². The van der Waals surface area contributed by atoms with Gasteiger partial charge in [-0.1, -0.05) is 23.2 Å². The van der Waals surface area contributed by atoms with Gasteiger partial charge < -0.3 is 5.11 Å². The zero-order valence-electron chi connectivity index (χ0n) is 7.19. The fourth-order valence-corrected chi connectivity index (χ4v) is 1.53. The maximum atomic E-state index is 10.7. The summed E-state index contributed by atoms with van der Waals surface area (Å²) < 4.78 is 0. The van der Waals surface area contributed by atoms with Gasteiger partial charge >= 0.3 is 5.97 Å². The number of hydrogen-bond acceptors (Lipinski definition) is 1. The molecule has 4 heteroatoms. The number of benzene rings is 1. The number of carboxylic acid groups (broad SMARTS) is 1. The highest BCUT2D eigenvalue weighted by atomic mass is 35.5. The molecule has 1 aromatic carbocycles. The smallest absolute Gasteiger partial charge is 0.336 e. The number of aromatic carboxylic acids is 1. The molecule has 1 aromatic rings. The molecule has 0 saturated heterocycles. The number of halogens is 2. The van der Waals surface area contributed by atoms with Crippen LogP contribution in [0.2, 0.25) is 10.0 Å². The van der Waals surface area contributed by atoms with Crippen molar-refractivity contribution in [2.45, 2.75) is 13.8 Å². The third-order valence-electron chi connectivity index (χ3n) is 1.92. The molecule has 0 atom stereocenters. The summed E-state index contributed by atoms with van der Waals surface area (Å²) in [5.74, 6) is -1.01. The molecule has 0 heterocycles. The number of carbonyl (C=O) groups is 1. The monoisotopic (exact) mass is 218 g/mol. The van der Waals surface area contributed by atoms with Crippen molar-refractivity contribution in [3.63, 3.8) is 0 Å². The molecule has 0 amide bonds. The fraction of sp³-hybridized carbons (Fsp3) is 0.222. The van der Waals surface area contributed by atoms with Gasteiger partial charge in [0, 0.05) is 10.0 Å². The van der Waals surface area contributed by atoms with Gasteiger partial charge in [0.25, 0.3) is 0 Å². The van der Waals surface area contributed by atoms with Gasteiger partial charge in [-0.25, -0.2) is 4.79 Å². The van der Waals surface area contributed by atoms with Crippen LogP contribution in [-0.4, -0.2) is 11.1 Å². The number of carboxylic acids is 1. The molecule has 0 fully saturated rings. The van der Waals surface area contributed by atoms with E-state index in [9.17, 15) is 4.79 Å². The molecule has 0 bridgehead atoms. The SMILES string of the molecule is Cc1c(Cl)cc(C(=O)O)c(C)c1Cl. The molecule has 1 rings (SSSR count). The normalized spacial score (nSPS) is 10.2. The maximum Gasteiger partial charge on any atom is 0.336 e. The van der Waals surface area contributed by atoms with Crippen molar-refractivity contribution >= 4 is 29.2 Å². The molecule has 70 valence electrons. The molecule has 0 aromatic heterocycles. The van der Waals surface area contributed by atoms with E-state index in [2.05, 4.69) is 0 Å². The Bertz CT molecular complexity index is 372. The predicted molar refractivity (Wildman–Crippen MR) is 52.9 cm³/mol. The average molecular weight is 219 g/mol. The summed E-state index contributed by atoms with van der Waals surface area (Å²) in [7, 11) is 0. The Morgan fingerprint density at radius 3 is 2.31 bits per heavy atom. The van der Waals surface area contributed by atoms with E-state index >= 15 is 0 Å². The second kappa shape index (κ2) is 3.56. The fourth-order valence-electron chi connectivity index (χ4n) is 1.07. The zero-order valence-corrected chi connectivity index (χ0v) is 8.70. The van der Waals surface area contributed by atoms with Crippen LogP contribution < -0.4 is 0 Å². The third kappa shape index (κ3) is 1.79. The zero-order chi connectivity index (χ0) is 10.2. The van der Waals surface area contributed by atoms with E-state index in [1.54, 1.807) is 13.8 Å². The Hall–Kier alpha value is -0.730. The summed E-state index contributed by atoms with van der Waals surface area (Å²) in [6.07, 6.45) is 0. The molecular formula is C9H8Cl2O2. The lowest BCUT2D eigenvalue weighted by Crippen LogP contribution is -2.01. The Labute approximate surface area is 86.1 Å². The van der Waals surface area contributed by atoms with Crippen LogP contribution in [0.3, 0.4) is 0 Å². The van der Waals surface area contributed by atoms with E-state index in [0.29, 0.717) is 21.2 Å². The van der Waals surface area contributed by atoms with Crippen LogP contribution in [0.25, 0.3) is 0 Å². The van der Waals surface area contributed by atoms with Gasteiger partial charge in [-0.3, -0.25) is 0 Å². The molecule has 2 nitrogen and oxygen atoms in total. The lowest BCUT2D eigenvalue weighted by Gasteiger charge is -2.07. The van der Waals surface area contributed by atoms with Gasteiger partial charge in [-0.2, -0.15) is 0 Å². The summed E-state index contributed by atoms with van der Waals surface area (Å²) in [5.41, 5.74) is 1.42. The molecule has 0 radical (unpaired) electrons. The van der Waals surface area contributed by atoms with Crippen molar-refractivity contribution in [3.8, 4) is 0 Å². The summed E-state index contributed by atoms with van der Waals surface area (Å²) in [5, 5.41) is 9.59. The van der Waals surface area contributed by atoms with E-state index in [1.165, 1.54) is 6.07 Å². The summed E-state index contributed by atoms with van der Waals surface area (Å²) in [6, 6.07) is 1.42. The highest BCUT2D eigenvalue weighted by Crippen LogP contribution is 2.29. The topological polar surface area (TPSA) is 37.3 Å². The third-order valence-corrected chi connectivity index (χ3v) is 2.88. The summed E-state index contributed by atoms with van der Waals surface area (Å²) in [6.45, 7) is 3.42. The Balaban J connectivity index is 3.50. The Kier molecular flexibility index (Phi) is 2.84. The first kappa shape index (κ1) is 10.4. The van der Waals surface area contributed by atoms with E-state index in [-0.39, 0.29) is 5.56 Å². The molecule has 0 aliphatic heterocycles. The van der Waals surface area contributed by atoms with Crippen LogP contribution in [0.4, 0.5) is 0 Å². The summed E-state index contributed by atoms with van der Waals surface area (Å²) in [4.78, 5) is 10.7. The van der Waals surface area contributed by atoms with Gasteiger partial charge in [0.15, 0.2) is 0 Å². The van der Waals surface area contributed by atoms with Crippen molar-refractivity contribution in [1.82, 2.24) is 0 Å². The number of rotatable bonds is 1. The van der Waals surface area contributed by atoms with Gasteiger partial charge in [-0.05, 0) is 31.0 Å². The lowest BCUT2D eigenvalue weighted by molar-refractivity contribution is 0.0696. The molecular weight excluding hydrogens is 211 g/mol. The molecule has 0 aliphatic rings. The largest absolute Gasteiger partial charge is 0.478 e. The average Bonchev–Trinajstić information content (AvgIpc) is 2.07. The number of hydrogen-bond donors (Lipinski definition) is 1. The van der Waals surface area contributed by atoms with Gasteiger partial charge in [0.2, 0.25) is 0 Å². The van der Waals surface area contributed by atoms with E-state index in [4.69, 9.17) is 28.3 Å². The second-order valence-electron chi connectivity index (χ2n) is 2.78. The molecule has 0 saturated carbocycles. The van der Waals surface area contributed by atoms with Crippen LogP contribution in [-0.2, 0) is 0 Å². The molecule has 13 heavy (non-hydrogen) atoms. The lowest BCUT2D eigenvalue weighted by atomic mass is 10.1. The predicted octanol–water partition coefficient (Wildman–Crippen LogP) is 3.31. The second-order valence-corrected chi connectivity index (χ2v) is 3.56. The summed E-state index contributed by atoms with van der Waals surface area (Å²) >= 11 is 11.7. The van der Waals surface area contributed by atoms with E-state index < -0.39 is 5.97 Å². The Morgan fingerprint density at radius 1 is 1.31 bits per heavy atom. The minimum absolute atomic E-state index is 0.153. The quantitative estimate of drug-likeness (QED) is 0.786. The highest BCUT2D eigenvalue weighted by Gasteiger charge is 2.14. The standard InChI is InChI=1S/C9H8Cl2O2/c1-4-6(9(12)13)3-7(10)5(2)8(4)11/h3H,1-2H3,(H,12,13). The van der Waals surface area contributed by atoms with Gasteiger partial charge in [0.1, 0.15) is 0 Å². The van der Waals surface area contributed by atoms with Crippen molar-refractivity contribution in [1.29, 1.82) is 0 Å². The van der Waals surface area contributed by atoms with Crippen LogP contribution in [0.15, 0.2) is 6.07 Å². The first-order valence-corrected chi connectivity index (χ1v) is 4.39. The van der Waals surface area contributed by atoms with Gasteiger partial charge in [0.05, 0.1) is 5.56 Å². The van der Waals surface area contributed by atoms with Crippen LogP contribution in [0.1, 0.15) is 21.5 Å². The first-order chi connectivity index (χ1) is 5.95. The van der Waals surface area contributed by atoms with Crippen molar-refractivity contribution in [3.05, 3.63) is 32.8 Å². The van der Waals surface area contributed by atoms with Crippen molar-refractivity contribution < 1.29 is 9.90 Å². The van der Waals surface area contributed by atoms with Crippen LogP contribution in [0.5, 0.6) is 0 Å². The first-order valence-electron chi connectivity index (χ1n) is 3.63. The van der Waals surface area contributed by atoms with Gasteiger partial charge in [-0.15, -0.1) is 0 Å². The van der Waals surface area contributed by atoms with Crippen molar-refractivity contribution in [2.24, 2.45) is 0 Å². The maximum absolute atomic E-state index is 10.7.